The van der Waals surface area contributed by atoms with Crippen molar-refractivity contribution < 1.29 is 19.4 Å². The van der Waals surface area contributed by atoms with Crippen molar-refractivity contribution in [2.24, 2.45) is 62.1 Å². The van der Waals surface area contributed by atoms with Gasteiger partial charge in [0.25, 0.3) is 0 Å². The quantitative estimate of drug-likeness (QED) is 0.160. The van der Waals surface area contributed by atoms with E-state index in [-0.39, 0.29) is 29.3 Å². The molecule has 0 saturated heterocycles. The lowest BCUT2D eigenvalue weighted by molar-refractivity contribution is -0.250. The van der Waals surface area contributed by atoms with Gasteiger partial charge in [-0.1, -0.05) is 73.0 Å². The molecule has 0 amide bonds. The minimum atomic E-state index is -1.11. The SMILES string of the molecule is C=C(C)[C@@H]1CC[C@]2(CCCCC)CC[C@]3(C)[C@H](CC[C@@H]4[C@@]5(C)CC[C@H](OC(=O)CC(C)(C)C(=O)O)C(C)(C)[C@@H]5CC[C@]43C)[C@@H]12. The van der Waals surface area contributed by atoms with Crippen molar-refractivity contribution in [1.82, 2.24) is 0 Å². The van der Waals surface area contributed by atoms with Gasteiger partial charge in [0.15, 0.2) is 0 Å². The summed E-state index contributed by atoms with van der Waals surface area (Å²) in [6.07, 6.45) is 18.0. The third-order valence-corrected chi connectivity index (χ3v) is 15.9. The molecule has 250 valence electrons. The molecule has 4 nitrogen and oxygen atoms in total. The smallest absolute Gasteiger partial charge is 0.309 e. The third kappa shape index (κ3) is 5.04. The van der Waals surface area contributed by atoms with Gasteiger partial charge in [0.2, 0.25) is 0 Å². The molecule has 0 aromatic rings. The van der Waals surface area contributed by atoms with E-state index in [1.165, 1.54) is 82.6 Å². The average Bonchev–Trinajstić information content (AvgIpc) is 3.30. The van der Waals surface area contributed by atoms with Gasteiger partial charge in [-0.05, 0) is 143 Å². The summed E-state index contributed by atoms with van der Waals surface area (Å²) < 4.78 is 6.18. The molecule has 0 radical (unpaired) electrons. The van der Waals surface area contributed by atoms with Crippen LogP contribution in [0, 0.1) is 62.1 Å². The number of hydrogen-bond donors (Lipinski definition) is 1. The molecule has 0 bridgehead atoms. The van der Waals surface area contributed by atoms with Crippen LogP contribution in [0.5, 0.6) is 0 Å². The molecule has 0 aliphatic heterocycles. The number of hydrogen-bond acceptors (Lipinski definition) is 3. The number of unbranched alkanes of at least 4 members (excludes halogenated alkanes) is 2. The van der Waals surface area contributed by atoms with Crippen LogP contribution in [0.15, 0.2) is 12.2 Å². The summed E-state index contributed by atoms with van der Waals surface area (Å²) in [6.45, 7) is 25.2. The normalized spacial score (nSPS) is 44.5. The monoisotopic (exact) mass is 610 g/mol. The Hall–Kier alpha value is -1.32. The summed E-state index contributed by atoms with van der Waals surface area (Å²) in [7, 11) is 0. The second-order valence-corrected chi connectivity index (χ2v) is 18.7. The molecule has 10 atom stereocenters. The molecule has 4 heteroatoms. The van der Waals surface area contributed by atoms with E-state index in [9.17, 15) is 14.7 Å². The van der Waals surface area contributed by atoms with E-state index in [1.807, 2.05) is 0 Å². The number of carboxylic acids is 1. The van der Waals surface area contributed by atoms with Crippen molar-refractivity contribution in [3.63, 3.8) is 0 Å². The van der Waals surface area contributed by atoms with E-state index in [0.29, 0.717) is 34.0 Å². The van der Waals surface area contributed by atoms with Crippen LogP contribution in [0.2, 0.25) is 0 Å². The Morgan fingerprint density at radius 3 is 2.20 bits per heavy atom. The predicted molar refractivity (Wildman–Crippen MR) is 179 cm³/mol. The van der Waals surface area contributed by atoms with Crippen molar-refractivity contribution in [3.8, 4) is 0 Å². The summed E-state index contributed by atoms with van der Waals surface area (Å²) in [4.78, 5) is 24.7. The summed E-state index contributed by atoms with van der Waals surface area (Å²) in [6, 6.07) is 0. The first kappa shape index (κ1) is 34.0. The fourth-order valence-corrected chi connectivity index (χ4v) is 13.3. The number of fused-ring (bicyclic) bond motifs is 7. The van der Waals surface area contributed by atoms with Crippen molar-refractivity contribution in [2.45, 2.75) is 165 Å². The van der Waals surface area contributed by atoms with Gasteiger partial charge in [-0.25, -0.2) is 0 Å². The molecule has 44 heavy (non-hydrogen) atoms. The number of carbonyl (C=O) groups is 2. The van der Waals surface area contributed by atoms with Gasteiger partial charge < -0.3 is 9.84 Å². The van der Waals surface area contributed by atoms with Gasteiger partial charge in [-0.3, -0.25) is 9.59 Å². The highest BCUT2D eigenvalue weighted by Crippen LogP contribution is 2.78. The predicted octanol–water partition coefficient (Wildman–Crippen LogP) is 10.6. The second kappa shape index (κ2) is 11.4. The molecule has 5 aliphatic rings. The number of esters is 1. The molecule has 5 saturated carbocycles. The Morgan fingerprint density at radius 2 is 1.57 bits per heavy atom. The fourth-order valence-electron chi connectivity index (χ4n) is 13.3. The van der Waals surface area contributed by atoms with E-state index in [4.69, 9.17) is 4.74 Å². The minimum absolute atomic E-state index is 0.0798. The Kier molecular flexibility index (Phi) is 8.84. The van der Waals surface area contributed by atoms with E-state index in [1.54, 1.807) is 13.8 Å². The molecular formula is C40H66O4. The molecule has 0 heterocycles. The Balaban J connectivity index is 1.40. The maximum Gasteiger partial charge on any atom is 0.309 e. The first-order valence-electron chi connectivity index (χ1n) is 18.5. The first-order valence-corrected chi connectivity index (χ1v) is 18.5. The standard InChI is InChI=1S/C40H66O4/c1-11-12-13-19-40-22-16-27(26(2)3)33(40)28-14-15-30-37(8)20-18-31(44-32(41)25-35(4,5)34(42)43)36(6,7)29(37)17-21-39(30,10)38(28,9)23-24-40/h27-31,33H,2,11-25H2,1,3-10H3,(H,42,43)/t27-,28+,29-,30+,31-,33+,37-,38+,39+,40+/m0/s1. The Bertz CT molecular complexity index is 1140. The van der Waals surface area contributed by atoms with E-state index in [0.717, 1.165) is 24.7 Å². The largest absolute Gasteiger partial charge is 0.481 e. The van der Waals surface area contributed by atoms with E-state index >= 15 is 0 Å². The van der Waals surface area contributed by atoms with Crippen LogP contribution in [0.1, 0.15) is 159 Å². The highest BCUT2D eigenvalue weighted by atomic mass is 16.5. The number of rotatable bonds is 9. The molecule has 1 N–H and O–H groups in total. The van der Waals surface area contributed by atoms with E-state index in [2.05, 4.69) is 55.0 Å². The lowest BCUT2D eigenvalue weighted by Crippen LogP contribution is -2.66. The maximum atomic E-state index is 13.0. The van der Waals surface area contributed by atoms with Gasteiger partial charge >= 0.3 is 11.9 Å². The summed E-state index contributed by atoms with van der Waals surface area (Å²) in [5.74, 6) is 2.18. The Morgan fingerprint density at radius 1 is 0.864 bits per heavy atom. The average molecular weight is 611 g/mol. The van der Waals surface area contributed by atoms with Crippen molar-refractivity contribution in [2.75, 3.05) is 0 Å². The highest BCUT2D eigenvalue weighted by Gasteiger charge is 2.71. The lowest BCUT2D eigenvalue weighted by Gasteiger charge is -2.73. The van der Waals surface area contributed by atoms with Gasteiger partial charge in [0.05, 0.1) is 11.8 Å². The lowest BCUT2D eigenvalue weighted by atomic mass is 9.32. The number of carboxylic acid groups (broad SMARTS) is 1. The van der Waals surface area contributed by atoms with Gasteiger partial charge in [0.1, 0.15) is 6.10 Å². The zero-order valence-electron chi connectivity index (χ0n) is 29.9. The van der Waals surface area contributed by atoms with Crippen LogP contribution in [0.4, 0.5) is 0 Å². The Labute approximate surface area is 269 Å². The van der Waals surface area contributed by atoms with Crippen LogP contribution >= 0.6 is 0 Å². The minimum Gasteiger partial charge on any atom is -0.481 e. The van der Waals surface area contributed by atoms with Crippen molar-refractivity contribution >= 4 is 11.9 Å². The number of allylic oxidation sites excluding steroid dienone is 1. The third-order valence-electron chi connectivity index (χ3n) is 15.9. The number of ether oxygens (including phenoxy) is 1. The summed E-state index contributed by atoms with van der Waals surface area (Å²) in [5, 5.41) is 9.57. The molecule has 5 aliphatic carbocycles. The van der Waals surface area contributed by atoms with Crippen LogP contribution in [-0.2, 0) is 14.3 Å². The van der Waals surface area contributed by atoms with E-state index < -0.39 is 11.4 Å². The molecule has 0 aromatic heterocycles. The maximum absolute atomic E-state index is 13.0. The molecule has 5 fully saturated rings. The second-order valence-electron chi connectivity index (χ2n) is 18.7. The summed E-state index contributed by atoms with van der Waals surface area (Å²) in [5.41, 5.74) is 1.65. The topological polar surface area (TPSA) is 63.6 Å². The van der Waals surface area contributed by atoms with Crippen LogP contribution in [0.3, 0.4) is 0 Å². The first-order chi connectivity index (χ1) is 20.4. The highest BCUT2D eigenvalue weighted by molar-refractivity contribution is 5.81. The van der Waals surface area contributed by atoms with Crippen LogP contribution < -0.4 is 0 Å². The number of carbonyl (C=O) groups excluding carboxylic acids is 1. The summed E-state index contributed by atoms with van der Waals surface area (Å²) >= 11 is 0. The van der Waals surface area contributed by atoms with Gasteiger partial charge in [-0.2, -0.15) is 0 Å². The van der Waals surface area contributed by atoms with Crippen molar-refractivity contribution in [3.05, 3.63) is 12.2 Å². The van der Waals surface area contributed by atoms with Gasteiger partial charge in [0, 0.05) is 5.41 Å². The van der Waals surface area contributed by atoms with Crippen LogP contribution in [-0.4, -0.2) is 23.1 Å². The number of aliphatic carboxylic acids is 1. The molecule has 0 spiro atoms. The molecule has 0 aromatic carbocycles. The molecular weight excluding hydrogens is 544 g/mol. The zero-order valence-corrected chi connectivity index (χ0v) is 29.9. The van der Waals surface area contributed by atoms with Crippen LogP contribution in [0.25, 0.3) is 0 Å². The van der Waals surface area contributed by atoms with Gasteiger partial charge in [-0.15, -0.1) is 0 Å². The molecule has 0 unspecified atom stereocenters. The zero-order chi connectivity index (χ0) is 32.5. The molecule has 5 rings (SSSR count). The fraction of sp³-hybridized carbons (Fsp3) is 0.900. The van der Waals surface area contributed by atoms with Crippen molar-refractivity contribution in [1.29, 1.82) is 0 Å².